The molecular formula is C44H60N10O10. The molecule has 5 amide bonds. The van der Waals surface area contributed by atoms with Crippen molar-refractivity contribution in [3.63, 3.8) is 0 Å². The number of phenolic OH excluding ortho intramolecular Hbond substituents is 1. The maximum absolute atomic E-state index is 14.4. The second-order valence-corrected chi connectivity index (χ2v) is 15.2. The van der Waals surface area contributed by atoms with E-state index in [-0.39, 0.29) is 50.4 Å². The van der Waals surface area contributed by atoms with Gasteiger partial charge in [0.1, 0.15) is 36.0 Å². The van der Waals surface area contributed by atoms with Crippen LogP contribution in [-0.4, -0.2) is 112 Å². The van der Waals surface area contributed by atoms with Gasteiger partial charge in [-0.25, -0.2) is 4.79 Å². The summed E-state index contributed by atoms with van der Waals surface area (Å²) in [5.74, 6) is -6.91. The molecule has 0 spiro atoms. The standard InChI is InChI=1S/C44H60N10O10/c45-22-8-7-14-31(46)38(58)50-32(15-9-23-49-44(47)48)39(59)52-36(26-29-16-18-30(55)19-17-29)42(62)54-35(25-28-12-5-2-6-13-28)41(61)53-34(24-27-10-3-1-4-11-27)40(60)51-33(43(63)64)20-21-37(56)57/h1-6,10-13,16-19,31-36,55H,7-9,14-15,20-26,45-46H2,(H,50,58)(H,51,60)(H,52,59)(H,53,61)(H,54,62)(H,56,57)(H,63,64)(H4,47,48,49)/t31-,32-,33-,34-,35-,36-/m0/s1. The highest BCUT2D eigenvalue weighted by molar-refractivity contribution is 5.96. The Hall–Kier alpha value is -7.06. The normalized spacial score (nSPS) is 13.7. The largest absolute Gasteiger partial charge is 0.508 e. The molecular weight excluding hydrogens is 829 g/mol. The van der Waals surface area contributed by atoms with Gasteiger partial charge in [-0.2, -0.15) is 0 Å². The number of nitrogens with two attached hydrogens (primary N) is 4. The minimum atomic E-state index is -1.59. The number of carboxylic acids is 2. The van der Waals surface area contributed by atoms with Crippen LogP contribution in [0.25, 0.3) is 0 Å². The lowest BCUT2D eigenvalue weighted by atomic mass is 10.00. The van der Waals surface area contributed by atoms with Crippen LogP contribution in [0.4, 0.5) is 0 Å². The van der Waals surface area contributed by atoms with Gasteiger partial charge in [0.25, 0.3) is 0 Å². The molecule has 0 saturated carbocycles. The van der Waals surface area contributed by atoms with E-state index in [0.29, 0.717) is 42.5 Å². The van der Waals surface area contributed by atoms with Crippen molar-refractivity contribution < 1.29 is 48.9 Å². The Balaban J connectivity index is 1.98. The first kappa shape index (κ1) is 51.3. The second-order valence-electron chi connectivity index (χ2n) is 15.2. The summed E-state index contributed by atoms with van der Waals surface area (Å²) in [6, 6.07) is 15.1. The Morgan fingerprint density at radius 2 is 0.969 bits per heavy atom. The first-order chi connectivity index (χ1) is 30.6. The zero-order valence-electron chi connectivity index (χ0n) is 35.5. The summed E-state index contributed by atoms with van der Waals surface area (Å²) in [6.45, 7) is 0.538. The minimum Gasteiger partial charge on any atom is -0.508 e. The number of carboxylic acid groups (broad SMARTS) is 2. The molecule has 0 saturated heterocycles. The van der Waals surface area contributed by atoms with Crippen molar-refractivity contribution in [1.82, 2.24) is 26.6 Å². The molecule has 0 aliphatic carbocycles. The first-order valence-electron chi connectivity index (χ1n) is 20.9. The Kier molecular flexibility index (Phi) is 21.7. The summed E-state index contributed by atoms with van der Waals surface area (Å²) in [6.07, 6.45) is 0.491. The van der Waals surface area contributed by atoms with Crippen molar-refractivity contribution in [2.45, 2.75) is 100 Å². The lowest BCUT2D eigenvalue weighted by Gasteiger charge is -2.27. The molecule has 0 aromatic heterocycles. The van der Waals surface area contributed by atoms with Crippen molar-refractivity contribution in [3.8, 4) is 5.75 Å². The number of aliphatic imine (C=N–C) groups is 1. The zero-order valence-corrected chi connectivity index (χ0v) is 35.5. The molecule has 346 valence electrons. The van der Waals surface area contributed by atoms with Crippen LogP contribution in [0.5, 0.6) is 5.75 Å². The summed E-state index contributed by atoms with van der Waals surface area (Å²) in [4.78, 5) is 96.9. The Labute approximate surface area is 371 Å². The van der Waals surface area contributed by atoms with Crippen LogP contribution in [0.2, 0.25) is 0 Å². The maximum Gasteiger partial charge on any atom is 0.326 e. The molecule has 3 rings (SSSR count). The summed E-state index contributed by atoms with van der Waals surface area (Å²) >= 11 is 0. The average Bonchev–Trinajstić information content (AvgIpc) is 3.26. The number of rotatable bonds is 28. The van der Waals surface area contributed by atoms with E-state index in [9.17, 15) is 43.8 Å². The van der Waals surface area contributed by atoms with E-state index in [1.807, 2.05) is 0 Å². The van der Waals surface area contributed by atoms with E-state index in [1.54, 1.807) is 72.8 Å². The van der Waals surface area contributed by atoms with Gasteiger partial charge in [0, 0.05) is 32.2 Å². The number of benzene rings is 3. The number of hydrogen-bond donors (Lipinski definition) is 12. The van der Waals surface area contributed by atoms with Gasteiger partial charge in [-0.05, 0) is 67.5 Å². The molecule has 3 aromatic carbocycles. The van der Waals surface area contributed by atoms with Crippen LogP contribution < -0.4 is 49.5 Å². The minimum absolute atomic E-state index is 0.0420. The summed E-state index contributed by atoms with van der Waals surface area (Å²) in [5.41, 5.74) is 24.4. The molecule has 0 heterocycles. The fraction of sp³-hybridized carbons (Fsp3) is 0.409. The molecule has 16 N–H and O–H groups in total. The number of nitrogens with zero attached hydrogens (tertiary/aromatic N) is 1. The number of unbranched alkanes of at least 4 members (excludes halogenated alkanes) is 1. The van der Waals surface area contributed by atoms with Crippen LogP contribution in [0, 0.1) is 0 Å². The number of hydrogen-bond acceptors (Lipinski definition) is 11. The molecule has 3 aromatic rings. The van der Waals surface area contributed by atoms with Gasteiger partial charge in [-0.1, -0.05) is 79.2 Å². The number of carbonyl (C=O) groups is 7. The quantitative estimate of drug-likeness (QED) is 0.0244. The van der Waals surface area contributed by atoms with Gasteiger partial charge in [-0.3, -0.25) is 33.8 Å². The van der Waals surface area contributed by atoms with Crippen molar-refractivity contribution in [2.75, 3.05) is 13.1 Å². The lowest BCUT2D eigenvalue weighted by molar-refractivity contribution is -0.143. The highest BCUT2D eigenvalue weighted by atomic mass is 16.4. The van der Waals surface area contributed by atoms with Gasteiger partial charge < -0.3 is 64.8 Å². The first-order valence-corrected chi connectivity index (χ1v) is 20.9. The third-order valence-corrected chi connectivity index (χ3v) is 9.99. The third-order valence-electron chi connectivity index (χ3n) is 9.99. The fourth-order valence-electron chi connectivity index (χ4n) is 6.50. The van der Waals surface area contributed by atoms with Crippen LogP contribution in [0.1, 0.15) is 61.6 Å². The number of aromatic hydroxyl groups is 1. The summed E-state index contributed by atoms with van der Waals surface area (Å²) in [5, 5.41) is 42.0. The maximum atomic E-state index is 14.4. The van der Waals surface area contributed by atoms with Gasteiger partial charge in [0.05, 0.1) is 6.04 Å². The van der Waals surface area contributed by atoms with E-state index < -0.39 is 90.6 Å². The van der Waals surface area contributed by atoms with Gasteiger partial charge in [-0.15, -0.1) is 0 Å². The van der Waals surface area contributed by atoms with Crippen molar-refractivity contribution in [2.24, 2.45) is 27.9 Å². The van der Waals surface area contributed by atoms with E-state index >= 15 is 0 Å². The third kappa shape index (κ3) is 18.9. The molecule has 0 aliphatic heterocycles. The molecule has 0 aliphatic rings. The number of nitrogens with one attached hydrogen (secondary N) is 5. The van der Waals surface area contributed by atoms with Gasteiger partial charge in [0.2, 0.25) is 29.5 Å². The predicted octanol–water partition coefficient (Wildman–Crippen LogP) is -0.697. The predicted molar refractivity (Wildman–Crippen MR) is 237 cm³/mol. The lowest BCUT2D eigenvalue weighted by Crippen LogP contribution is -2.60. The molecule has 20 nitrogen and oxygen atoms in total. The van der Waals surface area contributed by atoms with E-state index in [0.717, 1.165) is 0 Å². The monoisotopic (exact) mass is 888 g/mol. The van der Waals surface area contributed by atoms with E-state index in [4.69, 9.17) is 28.0 Å². The van der Waals surface area contributed by atoms with Gasteiger partial charge >= 0.3 is 11.9 Å². The van der Waals surface area contributed by atoms with Crippen LogP contribution in [0.3, 0.4) is 0 Å². The smallest absolute Gasteiger partial charge is 0.326 e. The molecule has 20 heteroatoms. The average molecular weight is 889 g/mol. The van der Waals surface area contributed by atoms with Crippen molar-refractivity contribution >= 4 is 47.4 Å². The van der Waals surface area contributed by atoms with E-state index in [2.05, 4.69) is 31.6 Å². The SMILES string of the molecule is NCCCC[C@H](N)C(=O)N[C@@H](CCCN=C(N)N)C(=O)N[C@@H](Cc1ccc(O)cc1)C(=O)N[C@@H](Cc1ccccc1)C(=O)N[C@@H](Cc1ccccc1)C(=O)N[C@@H](CCC(=O)O)C(=O)O. The highest BCUT2D eigenvalue weighted by Crippen LogP contribution is 2.14. The summed E-state index contributed by atoms with van der Waals surface area (Å²) in [7, 11) is 0. The number of guanidine groups is 1. The second kappa shape index (κ2) is 27.1. The number of aliphatic carboxylic acids is 2. The molecule has 6 atom stereocenters. The van der Waals surface area contributed by atoms with Crippen LogP contribution in [-0.2, 0) is 52.8 Å². The molecule has 0 bridgehead atoms. The van der Waals surface area contributed by atoms with E-state index in [1.165, 1.54) is 12.1 Å². The molecule has 0 radical (unpaired) electrons. The van der Waals surface area contributed by atoms with Crippen LogP contribution >= 0.6 is 0 Å². The molecule has 0 fully saturated rings. The number of carbonyl (C=O) groups excluding carboxylic acids is 5. The number of amides is 5. The molecule has 64 heavy (non-hydrogen) atoms. The zero-order chi connectivity index (χ0) is 47.0. The fourth-order valence-corrected chi connectivity index (χ4v) is 6.50. The van der Waals surface area contributed by atoms with Gasteiger partial charge in [0.15, 0.2) is 5.96 Å². The highest BCUT2D eigenvalue weighted by Gasteiger charge is 2.33. The van der Waals surface area contributed by atoms with Crippen molar-refractivity contribution in [1.29, 1.82) is 0 Å². The van der Waals surface area contributed by atoms with Crippen molar-refractivity contribution in [3.05, 3.63) is 102 Å². The Morgan fingerprint density at radius 3 is 1.41 bits per heavy atom. The summed E-state index contributed by atoms with van der Waals surface area (Å²) < 4.78 is 0. The Bertz CT molecular complexity index is 2020. The molecule has 0 unspecified atom stereocenters. The van der Waals surface area contributed by atoms with Crippen LogP contribution in [0.15, 0.2) is 89.9 Å². The Morgan fingerprint density at radius 1 is 0.531 bits per heavy atom. The topological polar surface area (TPSA) is 357 Å². The number of phenols is 1.